The Morgan fingerprint density at radius 2 is 1.74 bits per heavy atom. The Morgan fingerprint density at radius 3 is 2.42 bits per heavy atom. The molecule has 1 atom stereocenters. The SMILES string of the molecule is CC(C)(C)OC(=O)N1CCN(Cc2ccc(Cl)cc2N2CC[C@H](COS(=O)(=O)Cc3ccccc3)C2)CC1. The lowest BCUT2D eigenvalue weighted by Gasteiger charge is -2.36. The first kappa shape index (κ1) is 28.7. The fourth-order valence-electron chi connectivity index (χ4n) is 4.83. The van der Waals surface area contributed by atoms with E-state index in [4.69, 9.17) is 20.5 Å². The molecule has 0 spiro atoms. The van der Waals surface area contributed by atoms with Gasteiger partial charge in [-0.1, -0.05) is 48.0 Å². The molecular weight excluding hydrogens is 526 g/mol. The number of carbonyl (C=O) groups excluding carboxylic acids is 1. The highest BCUT2D eigenvalue weighted by Crippen LogP contribution is 2.31. The molecule has 38 heavy (non-hydrogen) atoms. The predicted octanol–water partition coefficient (Wildman–Crippen LogP) is 4.77. The Kier molecular flexibility index (Phi) is 9.23. The van der Waals surface area contributed by atoms with Crippen LogP contribution in [-0.4, -0.2) is 75.8 Å². The van der Waals surface area contributed by atoms with E-state index in [1.165, 1.54) is 5.56 Å². The summed E-state index contributed by atoms with van der Waals surface area (Å²) >= 11 is 6.38. The van der Waals surface area contributed by atoms with Crippen molar-refractivity contribution in [1.82, 2.24) is 9.80 Å². The van der Waals surface area contributed by atoms with E-state index in [-0.39, 0.29) is 24.4 Å². The summed E-state index contributed by atoms with van der Waals surface area (Å²) in [4.78, 5) is 18.8. The molecule has 2 heterocycles. The average Bonchev–Trinajstić information content (AvgIpc) is 3.33. The molecule has 1 amide bonds. The number of piperazine rings is 1. The van der Waals surface area contributed by atoms with Gasteiger partial charge in [0.25, 0.3) is 10.1 Å². The highest BCUT2D eigenvalue weighted by molar-refractivity contribution is 7.85. The van der Waals surface area contributed by atoms with Gasteiger partial charge in [-0.25, -0.2) is 4.79 Å². The highest BCUT2D eigenvalue weighted by Gasteiger charge is 2.29. The minimum Gasteiger partial charge on any atom is -0.444 e. The molecule has 0 radical (unpaired) electrons. The molecule has 2 aromatic carbocycles. The fraction of sp³-hybridized carbons (Fsp3) is 0.536. The summed E-state index contributed by atoms with van der Waals surface area (Å²) in [6, 6.07) is 15.0. The van der Waals surface area contributed by atoms with Crippen LogP contribution in [0.2, 0.25) is 5.02 Å². The molecule has 0 bridgehead atoms. The predicted molar refractivity (Wildman–Crippen MR) is 150 cm³/mol. The third-order valence-corrected chi connectivity index (χ3v) is 8.18. The second kappa shape index (κ2) is 12.2. The Morgan fingerprint density at radius 1 is 1.03 bits per heavy atom. The third-order valence-electron chi connectivity index (χ3n) is 6.76. The third kappa shape index (κ3) is 8.33. The molecule has 208 valence electrons. The largest absolute Gasteiger partial charge is 0.444 e. The van der Waals surface area contributed by atoms with E-state index >= 15 is 0 Å². The second-order valence-electron chi connectivity index (χ2n) is 11.1. The Balaban J connectivity index is 1.31. The topological polar surface area (TPSA) is 79.4 Å². The lowest BCUT2D eigenvalue weighted by molar-refractivity contribution is 0.0139. The standard InChI is InChI=1S/C28H38ClN3O5S/c1-28(2,3)37-27(33)31-15-13-30(14-16-31)19-24-9-10-25(29)17-26(24)32-12-11-23(18-32)20-36-38(34,35)21-22-7-5-4-6-8-22/h4-10,17,23H,11-16,18-21H2,1-3H3/t23-/m0/s1. The Hall–Kier alpha value is -2.33. The summed E-state index contributed by atoms with van der Waals surface area (Å²) in [6.45, 7) is 10.8. The van der Waals surface area contributed by atoms with Crippen molar-refractivity contribution in [3.63, 3.8) is 0 Å². The van der Waals surface area contributed by atoms with Gasteiger partial charge in [-0.2, -0.15) is 8.42 Å². The van der Waals surface area contributed by atoms with E-state index in [1.807, 2.05) is 51.1 Å². The first-order chi connectivity index (χ1) is 18.0. The van der Waals surface area contributed by atoms with Crippen LogP contribution < -0.4 is 4.90 Å². The van der Waals surface area contributed by atoms with Gasteiger partial charge in [0.1, 0.15) is 11.4 Å². The molecular formula is C28H38ClN3O5S. The number of nitrogens with zero attached hydrogens (tertiary/aromatic N) is 3. The summed E-state index contributed by atoms with van der Waals surface area (Å²) in [5, 5.41) is 0.670. The normalized spacial score (nSPS) is 19.1. The molecule has 2 aliphatic rings. The van der Waals surface area contributed by atoms with Crippen LogP contribution in [0.4, 0.5) is 10.5 Å². The molecule has 8 nitrogen and oxygen atoms in total. The number of anilines is 1. The summed E-state index contributed by atoms with van der Waals surface area (Å²) < 4.78 is 35.9. The van der Waals surface area contributed by atoms with E-state index in [0.717, 1.165) is 43.9 Å². The van der Waals surface area contributed by atoms with Crippen molar-refractivity contribution in [2.45, 2.75) is 45.1 Å². The summed E-state index contributed by atoms with van der Waals surface area (Å²) in [5.74, 6) is -0.00561. The molecule has 2 aromatic rings. The van der Waals surface area contributed by atoms with Crippen molar-refractivity contribution in [2.24, 2.45) is 5.92 Å². The molecule has 2 saturated heterocycles. The number of halogens is 1. The van der Waals surface area contributed by atoms with Gasteiger partial charge in [-0.15, -0.1) is 0 Å². The van der Waals surface area contributed by atoms with Crippen LogP contribution in [0.1, 0.15) is 38.3 Å². The second-order valence-corrected chi connectivity index (χ2v) is 13.2. The first-order valence-electron chi connectivity index (χ1n) is 13.1. The molecule has 2 aliphatic heterocycles. The molecule has 0 saturated carbocycles. The molecule has 0 N–H and O–H groups in total. The van der Waals surface area contributed by atoms with E-state index in [9.17, 15) is 13.2 Å². The van der Waals surface area contributed by atoms with E-state index in [1.54, 1.807) is 17.0 Å². The number of ether oxygens (including phenoxy) is 1. The molecule has 0 aromatic heterocycles. The lowest BCUT2D eigenvalue weighted by Crippen LogP contribution is -2.49. The number of carbonyl (C=O) groups is 1. The van der Waals surface area contributed by atoms with Gasteiger partial charge in [0.05, 0.1) is 6.61 Å². The zero-order valence-electron chi connectivity index (χ0n) is 22.4. The van der Waals surface area contributed by atoms with Crippen LogP contribution in [0.3, 0.4) is 0 Å². The van der Waals surface area contributed by atoms with Crippen molar-refractivity contribution in [2.75, 3.05) is 50.8 Å². The van der Waals surface area contributed by atoms with Gasteiger partial charge < -0.3 is 14.5 Å². The maximum atomic E-state index is 12.5. The minimum atomic E-state index is -3.64. The first-order valence-corrected chi connectivity index (χ1v) is 15.1. The maximum absolute atomic E-state index is 12.5. The minimum absolute atomic E-state index is 0.116. The number of hydrogen-bond donors (Lipinski definition) is 0. The number of amides is 1. The maximum Gasteiger partial charge on any atom is 0.410 e. The van der Waals surface area contributed by atoms with Gasteiger partial charge >= 0.3 is 6.09 Å². The van der Waals surface area contributed by atoms with Gasteiger partial charge in [-0.05, 0) is 50.5 Å². The monoisotopic (exact) mass is 563 g/mol. The van der Waals surface area contributed by atoms with Crippen LogP contribution in [0.5, 0.6) is 0 Å². The van der Waals surface area contributed by atoms with E-state index in [2.05, 4.69) is 15.9 Å². The van der Waals surface area contributed by atoms with E-state index in [0.29, 0.717) is 24.7 Å². The van der Waals surface area contributed by atoms with Gasteiger partial charge in [-0.3, -0.25) is 9.08 Å². The van der Waals surface area contributed by atoms with Crippen molar-refractivity contribution < 1.29 is 22.1 Å². The number of benzene rings is 2. The van der Waals surface area contributed by atoms with Gasteiger partial charge in [0.15, 0.2) is 0 Å². The average molecular weight is 564 g/mol. The van der Waals surface area contributed by atoms with Crippen LogP contribution in [0, 0.1) is 5.92 Å². The molecule has 4 rings (SSSR count). The summed E-state index contributed by atoms with van der Waals surface area (Å²) in [5.41, 5.74) is 2.45. The Bertz CT molecular complexity index is 1190. The lowest BCUT2D eigenvalue weighted by atomic mass is 10.1. The zero-order valence-corrected chi connectivity index (χ0v) is 24.0. The van der Waals surface area contributed by atoms with Crippen LogP contribution in [0.15, 0.2) is 48.5 Å². The van der Waals surface area contributed by atoms with Crippen molar-refractivity contribution in [1.29, 1.82) is 0 Å². The van der Waals surface area contributed by atoms with Crippen LogP contribution >= 0.6 is 11.6 Å². The summed E-state index contributed by atoms with van der Waals surface area (Å²) in [7, 11) is -3.64. The number of hydrogen-bond acceptors (Lipinski definition) is 7. The summed E-state index contributed by atoms with van der Waals surface area (Å²) in [6.07, 6.45) is 0.585. The smallest absolute Gasteiger partial charge is 0.410 e. The van der Waals surface area contributed by atoms with Crippen molar-refractivity contribution >= 4 is 33.5 Å². The van der Waals surface area contributed by atoms with Crippen molar-refractivity contribution in [3.05, 3.63) is 64.7 Å². The molecule has 0 unspecified atom stereocenters. The highest BCUT2D eigenvalue weighted by atomic mass is 35.5. The van der Waals surface area contributed by atoms with Crippen LogP contribution in [0.25, 0.3) is 0 Å². The quantitative estimate of drug-likeness (QED) is 0.428. The van der Waals surface area contributed by atoms with Crippen LogP contribution in [-0.2, 0) is 31.3 Å². The zero-order chi connectivity index (χ0) is 27.3. The fourth-order valence-corrected chi connectivity index (χ4v) is 6.08. The molecule has 0 aliphatic carbocycles. The van der Waals surface area contributed by atoms with Gasteiger partial charge in [0.2, 0.25) is 0 Å². The molecule has 2 fully saturated rings. The number of rotatable bonds is 8. The van der Waals surface area contributed by atoms with E-state index < -0.39 is 15.7 Å². The van der Waals surface area contributed by atoms with Gasteiger partial charge in [0, 0.05) is 62.4 Å². The Labute approximate surface area is 231 Å². The van der Waals surface area contributed by atoms with Crippen molar-refractivity contribution in [3.8, 4) is 0 Å². The molecule has 10 heteroatoms.